The molecular weight excluding hydrogens is 512 g/mol. The first-order chi connectivity index (χ1) is 18.3. The summed E-state index contributed by atoms with van der Waals surface area (Å²) < 4.78 is 5.27. The van der Waals surface area contributed by atoms with E-state index in [0.29, 0.717) is 31.9 Å². The Balaban J connectivity index is 1.39. The maximum absolute atomic E-state index is 12.7. The molecule has 1 amide bonds. The summed E-state index contributed by atoms with van der Waals surface area (Å²) in [6.45, 7) is 5.91. The number of nitrogens with one attached hydrogen (secondary N) is 1. The van der Waals surface area contributed by atoms with E-state index in [-0.39, 0.29) is 39.3 Å². The average molecular weight is 543 g/mol. The van der Waals surface area contributed by atoms with Gasteiger partial charge in [0.05, 0.1) is 16.5 Å². The van der Waals surface area contributed by atoms with Crippen LogP contribution >= 0.6 is 12.2 Å². The summed E-state index contributed by atoms with van der Waals surface area (Å²) in [7, 11) is 0. The zero-order valence-electron chi connectivity index (χ0n) is 21.1. The van der Waals surface area contributed by atoms with Crippen LogP contribution in [-0.4, -0.2) is 71.6 Å². The molecule has 2 aliphatic rings. The standard InChI is InChI=1S/C25H30N6O6S/c1-2-37-23-9-6-18(16-22(23)31(35)36)24(32)26-25(38)29-14-12-27(13-15-29)19-7-8-20(30(33)34)21(17-19)28-10-4-3-5-11-28/h6-9,16-17H,2-5,10-15H2,1H3,(H,26,32,38). The van der Waals surface area contributed by atoms with Gasteiger partial charge in [0.15, 0.2) is 10.9 Å². The maximum atomic E-state index is 12.7. The molecule has 2 heterocycles. The number of thiocarbonyl (C=S) groups is 1. The second kappa shape index (κ2) is 12.0. The van der Waals surface area contributed by atoms with Crippen LogP contribution in [-0.2, 0) is 0 Å². The van der Waals surface area contributed by atoms with Gasteiger partial charge in [-0.2, -0.15) is 0 Å². The smallest absolute Gasteiger partial charge is 0.311 e. The summed E-state index contributed by atoms with van der Waals surface area (Å²) in [5.41, 5.74) is 1.50. The van der Waals surface area contributed by atoms with E-state index in [4.69, 9.17) is 17.0 Å². The second-order valence-electron chi connectivity index (χ2n) is 9.08. The molecule has 202 valence electrons. The number of hydrogen-bond acceptors (Lipinski definition) is 9. The lowest BCUT2D eigenvalue weighted by Crippen LogP contribution is -2.52. The highest BCUT2D eigenvalue weighted by molar-refractivity contribution is 7.80. The van der Waals surface area contributed by atoms with Crippen LogP contribution in [0.2, 0.25) is 0 Å². The van der Waals surface area contributed by atoms with Gasteiger partial charge in [-0.1, -0.05) is 0 Å². The summed E-state index contributed by atoms with van der Waals surface area (Å²) in [5.74, 6) is -0.437. The minimum atomic E-state index is -0.589. The molecule has 2 aromatic rings. The van der Waals surface area contributed by atoms with Crippen molar-refractivity contribution >= 4 is 46.0 Å². The van der Waals surface area contributed by atoms with Gasteiger partial charge in [-0.15, -0.1) is 0 Å². The average Bonchev–Trinajstić information content (AvgIpc) is 2.93. The van der Waals surface area contributed by atoms with Crippen molar-refractivity contribution in [1.29, 1.82) is 0 Å². The van der Waals surface area contributed by atoms with Crippen molar-refractivity contribution in [2.75, 3.05) is 55.7 Å². The highest BCUT2D eigenvalue weighted by atomic mass is 32.1. The lowest BCUT2D eigenvalue weighted by Gasteiger charge is -2.37. The normalized spacial score (nSPS) is 15.7. The highest BCUT2D eigenvalue weighted by Crippen LogP contribution is 2.34. The molecule has 0 unspecified atom stereocenters. The molecule has 4 rings (SSSR count). The van der Waals surface area contributed by atoms with E-state index in [0.717, 1.165) is 38.0 Å². The van der Waals surface area contributed by atoms with Crippen molar-refractivity contribution in [3.63, 3.8) is 0 Å². The third-order valence-corrected chi connectivity index (χ3v) is 7.08. The number of carbonyl (C=O) groups is 1. The first-order valence-corrected chi connectivity index (χ1v) is 13.0. The van der Waals surface area contributed by atoms with Gasteiger partial charge >= 0.3 is 5.69 Å². The summed E-state index contributed by atoms with van der Waals surface area (Å²) in [4.78, 5) is 40.9. The van der Waals surface area contributed by atoms with Crippen LogP contribution in [0.15, 0.2) is 36.4 Å². The number of nitrogens with zero attached hydrogens (tertiary/aromatic N) is 5. The molecule has 0 radical (unpaired) electrons. The summed E-state index contributed by atoms with van der Waals surface area (Å²) in [6, 6.07) is 9.29. The monoisotopic (exact) mass is 542 g/mol. The Morgan fingerprint density at radius 1 is 0.921 bits per heavy atom. The fraction of sp³-hybridized carbons (Fsp3) is 0.440. The predicted octanol–water partition coefficient (Wildman–Crippen LogP) is 3.73. The van der Waals surface area contributed by atoms with Gasteiger partial charge in [-0.05, 0) is 62.7 Å². The Kier molecular flexibility index (Phi) is 8.56. The molecular formula is C25H30N6O6S. The second-order valence-corrected chi connectivity index (χ2v) is 9.47. The fourth-order valence-electron chi connectivity index (χ4n) is 4.75. The number of benzene rings is 2. The molecule has 2 saturated heterocycles. The van der Waals surface area contributed by atoms with Crippen molar-refractivity contribution in [1.82, 2.24) is 10.2 Å². The van der Waals surface area contributed by atoms with Gasteiger partial charge in [0.1, 0.15) is 5.69 Å². The summed E-state index contributed by atoms with van der Waals surface area (Å²) in [6.07, 6.45) is 3.18. The van der Waals surface area contributed by atoms with E-state index in [2.05, 4.69) is 15.1 Å². The zero-order chi connectivity index (χ0) is 27.2. The zero-order valence-corrected chi connectivity index (χ0v) is 21.9. The molecule has 13 heteroatoms. The van der Waals surface area contributed by atoms with E-state index in [1.807, 2.05) is 11.0 Å². The van der Waals surface area contributed by atoms with Gasteiger partial charge in [0, 0.05) is 62.7 Å². The summed E-state index contributed by atoms with van der Waals surface area (Å²) in [5, 5.41) is 25.9. The molecule has 0 saturated carbocycles. The molecule has 0 aromatic heterocycles. The molecule has 2 fully saturated rings. The van der Waals surface area contributed by atoms with Crippen molar-refractivity contribution in [2.45, 2.75) is 26.2 Å². The Hall–Kier alpha value is -4.00. The van der Waals surface area contributed by atoms with E-state index in [1.165, 1.54) is 18.2 Å². The van der Waals surface area contributed by atoms with Gasteiger partial charge in [-0.3, -0.25) is 30.3 Å². The van der Waals surface area contributed by atoms with E-state index < -0.39 is 10.8 Å². The van der Waals surface area contributed by atoms with Crippen LogP contribution in [0.5, 0.6) is 5.75 Å². The molecule has 0 bridgehead atoms. The molecule has 2 aromatic carbocycles. The topological polar surface area (TPSA) is 134 Å². The molecule has 1 N–H and O–H groups in total. The number of carbonyl (C=O) groups excluding carboxylic acids is 1. The minimum absolute atomic E-state index is 0.0995. The first kappa shape index (κ1) is 27.0. The Morgan fingerprint density at radius 2 is 1.61 bits per heavy atom. The Labute approximate surface area is 225 Å². The molecule has 12 nitrogen and oxygen atoms in total. The van der Waals surface area contributed by atoms with Gasteiger partial charge in [0.25, 0.3) is 11.6 Å². The number of nitro benzene ring substituents is 2. The molecule has 0 aliphatic carbocycles. The molecule has 0 atom stereocenters. The maximum Gasteiger partial charge on any atom is 0.311 e. The van der Waals surface area contributed by atoms with Crippen molar-refractivity contribution in [2.24, 2.45) is 0 Å². The van der Waals surface area contributed by atoms with Crippen molar-refractivity contribution in [3.05, 3.63) is 62.2 Å². The van der Waals surface area contributed by atoms with E-state index in [1.54, 1.807) is 19.1 Å². The lowest BCUT2D eigenvalue weighted by atomic mass is 10.1. The third-order valence-electron chi connectivity index (χ3n) is 6.72. The fourth-order valence-corrected chi connectivity index (χ4v) is 5.02. The largest absolute Gasteiger partial charge is 0.487 e. The number of piperazine rings is 1. The lowest BCUT2D eigenvalue weighted by molar-refractivity contribution is -0.385. The van der Waals surface area contributed by atoms with Crippen molar-refractivity contribution < 1.29 is 19.4 Å². The number of ether oxygens (including phenoxy) is 1. The first-order valence-electron chi connectivity index (χ1n) is 12.6. The third kappa shape index (κ3) is 6.10. The number of piperidine rings is 1. The Bertz CT molecular complexity index is 1230. The Morgan fingerprint density at radius 3 is 2.24 bits per heavy atom. The molecule has 38 heavy (non-hydrogen) atoms. The molecule has 2 aliphatic heterocycles. The number of hydrogen-bond donors (Lipinski definition) is 1. The van der Waals surface area contributed by atoms with Gasteiger partial charge in [0.2, 0.25) is 0 Å². The minimum Gasteiger partial charge on any atom is -0.487 e. The number of nitro groups is 2. The molecule has 0 spiro atoms. The van der Waals surface area contributed by atoms with Crippen LogP contribution in [0, 0.1) is 20.2 Å². The van der Waals surface area contributed by atoms with Crippen molar-refractivity contribution in [3.8, 4) is 5.75 Å². The summed E-state index contributed by atoms with van der Waals surface area (Å²) >= 11 is 5.44. The number of rotatable bonds is 7. The van der Waals surface area contributed by atoms with Crippen LogP contribution in [0.1, 0.15) is 36.5 Å². The van der Waals surface area contributed by atoms with Crippen LogP contribution < -0.4 is 19.9 Å². The SMILES string of the molecule is CCOc1ccc(C(=O)NC(=S)N2CCN(c3ccc([N+](=O)[O-])c(N4CCCCC4)c3)CC2)cc1[N+](=O)[O-]. The van der Waals surface area contributed by atoms with Gasteiger partial charge < -0.3 is 19.4 Å². The number of anilines is 2. The van der Waals surface area contributed by atoms with E-state index >= 15 is 0 Å². The highest BCUT2D eigenvalue weighted by Gasteiger charge is 2.26. The van der Waals surface area contributed by atoms with Crippen LogP contribution in [0.4, 0.5) is 22.7 Å². The van der Waals surface area contributed by atoms with Crippen LogP contribution in [0.25, 0.3) is 0 Å². The quantitative estimate of drug-likeness (QED) is 0.313. The predicted molar refractivity (Wildman–Crippen MR) is 147 cm³/mol. The van der Waals surface area contributed by atoms with Crippen LogP contribution in [0.3, 0.4) is 0 Å². The van der Waals surface area contributed by atoms with E-state index in [9.17, 15) is 25.0 Å². The van der Waals surface area contributed by atoms with Gasteiger partial charge in [-0.25, -0.2) is 0 Å². The number of amides is 1.